The first kappa shape index (κ1) is 13.4. The normalized spacial score (nSPS) is 10.1. The Morgan fingerprint density at radius 2 is 1.86 bits per heavy atom. The lowest BCUT2D eigenvalue weighted by Gasteiger charge is -2.03. The fourth-order valence-electron chi connectivity index (χ4n) is 1.08. The Balaban J connectivity index is 3.10. The molecular formula is C10H21NO3. The van der Waals surface area contributed by atoms with E-state index in [4.69, 9.17) is 15.2 Å². The van der Waals surface area contributed by atoms with Crippen LogP contribution in [0.2, 0.25) is 0 Å². The van der Waals surface area contributed by atoms with E-state index < -0.39 is 0 Å². The third-order valence-electron chi connectivity index (χ3n) is 1.89. The number of rotatable bonds is 9. The Hall–Kier alpha value is -0.610. The largest absolute Gasteiger partial charge is 0.463 e. The first-order valence-corrected chi connectivity index (χ1v) is 5.16. The van der Waals surface area contributed by atoms with Gasteiger partial charge < -0.3 is 15.2 Å². The smallest absolute Gasteiger partial charge is 0.305 e. The fraction of sp³-hybridized carbons (Fsp3) is 0.900. The van der Waals surface area contributed by atoms with Crippen molar-refractivity contribution in [2.75, 3.05) is 26.9 Å². The van der Waals surface area contributed by atoms with Crippen molar-refractivity contribution in [2.24, 2.45) is 5.73 Å². The van der Waals surface area contributed by atoms with Gasteiger partial charge in [-0.25, -0.2) is 0 Å². The SMILES string of the molecule is COCCOC(=O)CCCCCCN. The van der Waals surface area contributed by atoms with Crippen LogP contribution < -0.4 is 5.73 Å². The fourth-order valence-corrected chi connectivity index (χ4v) is 1.08. The molecule has 2 N–H and O–H groups in total. The van der Waals surface area contributed by atoms with E-state index in [9.17, 15) is 4.79 Å². The molecule has 0 aliphatic heterocycles. The van der Waals surface area contributed by atoms with Gasteiger partial charge in [-0.05, 0) is 19.4 Å². The first-order chi connectivity index (χ1) is 6.81. The maximum absolute atomic E-state index is 11.0. The van der Waals surface area contributed by atoms with Crippen molar-refractivity contribution >= 4 is 5.97 Å². The quantitative estimate of drug-likeness (QED) is 0.450. The minimum Gasteiger partial charge on any atom is -0.463 e. The highest BCUT2D eigenvalue weighted by Gasteiger charge is 2.01. The molecule has 0 aliphatic rings. The summed E-state index contributed by atoms with van der Waals surface area (Å²) in [7, 11) is 1.58. The van der Waals surface area contributed by atoms with Gasteiger partial charge in [0, 0.05) is 13.5 Å². The van der Waals surface area contributed by atoms with Crippen LogP contribution in [-0.2, 0) is 14.3 Å². The zero-order valence-electron chi connectivity index (χ0n) is 8.96. The van der Waals surface area contributed by atoms with E-state index in [1.165, 1.54) is 0 Å². The molecule has 84 valence electrons. The molecule has 4 heteroatoms. The summed E-state index contributed by atoms with van der Waals surface area (Å²) in [5.41, 5.74) is 5.35. The van der Waals surface area contributed by atoms with E-state index in [-0.39, 0.29) is 5.97 Å². The molecule has 0 unspecified atom stereocenters. The number of carbonyl (C=O) groups excluding carboxylic acids is 1. The van der Waals surface area contributed by atoms with Crippen LogP contribution in [0, 0.1) is 0 Å². The summed E-state index contributed by atoms with van der Waals surface area (Å²) < 4.78 is 9.66. The Morgan fingerprint density at radius 3 is 2.50 bits per heavy atom. The number of hydrogen-bond acceptors (Lipinski definition) is 4. The van der Waals surface area contributed by atoms with Gasteiger partial charge in [-0.1, -0.05) is 12.8 Å². The third kappa shape index (κ3) is 9.48. The molecule has 0 aromatic carbocycles. The maximum atomic E-state index is 11.0. The molecule has 0 aliphatic carbocycles. The highest BCUT2D eigenvalue weighted by Crippen LogP contribution is 2.03. The highest BCUT2D eigenvalue weighted by molar-refractivity contribution is 5.69. The van der Waals surface area contributed by atoms with Crippen molar-refractivity contribution < 1.29 is 14.3 Å². The molecule has 4 nitrogen and oxygen atoms in total. The maximum Gasteiger partial charge on any atom is 0.305 e. The van der Waals surface area contributed by atoms with Gasteiger partial charge in [0.15, 0.2) is 0 Å². The average Bonchev–Trinajstić information content (AvgIpc) is 2.18. The van der Waals surface area contributed by atoms with Crippen LogP contribution in [0.4, 0.5) is 0 Å². The monoisotopic (exact) mass is 203 g/mol. The predicted molar refractivity (Wildman–Crippen MR) is 55.0 cm³/mol. The van der Waals surface area contributed by atoms with Gasteiger partial charge in [0.2, 0.25) is 0 Å². The molecule has 0 aromatic heterocycles. The number of nitrogens with two attached hydrogens (primary N) is 1. The van der Waals surface area contributed by atoms with Gasteiger partial charge in [0.05, 0.1) is 6.61 Å². The summed E-state index contributed by atoms with van der Waals surface area (Å²) in [6.45, 7) is 1.56. The zero-order chi connectivity index (χ0) is 10.6. The lowest BCUT2D eigenvalue weighted by molar-refractivity contribution is -0.145. The van der Waals surface area contributed by atoms with Gasteiger partial charge >= 0.3 is 5.97 Å². The molecule has 0 saturated carbocycles. The van der Waals surface area contributed by atoms with Crippen LogP contribution in [0.3, 0.4) is 0 Å². The third-order valence-corrected chi connectivity index (χ3v) is 1.89. The first-order valence-electron chi connectivity index (χ1n) is 5.16. The topological polar surface area (TPSA) is 61.5 Å². The van der Waals surface area contributed by atoms with Crippen LogP contribution in [0.25, 0.3) is 0 Å². The van der Waals surface area contributed by atoms with Crippen LogP contribution in [-0.4, -0.2) is 32.8 Å². The summed E-state index contributed by atoms with van der Waals surface area (Å²) in [5.74, 6) is -0.130. The van der Waals surface area contributed by atoms with E-state index in [2.05, 4.69) is 0 Å². The molecule has 0 amide bonds. The Labute approximate surface area is 85.8 Å². The molecule has 0 fully saturated rings. The van der Waals surface area contributed by atoms with Crippen molar-refractivity contribution in [1.29, 1.82) is 0 Å². The second kappa shape index (κ2) is 10.5. The minimum absolute atomic E-state index is 0.130. The van der Waals surface area contributed by atoms with Crippen molar-refractivity contribution in [3.8, 4) is 0 Å². The van der Waals surface area contributed by atoms with Crippen molar-refractivity contribution in [2.45, 2.75) is 32.1 Å². The summed E-state index contributed by atoms with van der Waals surface area (Å²) in [6, 6.07) is 0. The number of unbranched alkanes of at least 4 members (excludes halogenated alkanes) is 3. The van der Waals surface area contributed by atoms with Crippen LogP contribution in [0.5, 0.6) is 0 Å². The van der Waals surface area contributed by atoms with Crippen molar-refractivity contribution in [3.05, 3.63) is 0 Å². The molecular weight excluding hydrogens is 182 g/mol. The van der Waals surface area contributed by atoms with E-state index in [0.29, 0.717) is 19.6 Å². The van der Waals surface area contributed by atoms with E-state index in [1.54, 1.807) is 7.11 Å². The van der Waals surface area contributed by atoms with Crippen LogP contribution >= 0.6 is 0 Å². The molecule has 0 bridgehead atoms. The Kier molecular flexibility index (Phi) is 10.0. The summed E-state index contributed by atoms with van der Waals surface area (Å²) in [4.78, 5) is 11.0. The van der Waals surface area contributed by atoms with Gasteiger partial charge in [-0.2, -0.15) is 0 Å². The molecule has 14 heavy (non-hydrogen) atoms. The standard InChI is InChI=1S/C10H21NO3/c1-13-8-9-14-10(12)6-4-2-3-5-7-11/h2-9,11H2,1H3. The van der Waals surface area contributed by atoms with E-state index >= 15 is 0 Å². The minimum atomic E-state index is -0.130. The summed E-state index contributed by atoms with van der Waals surface area (Å²) >= 11 is 0. The average molecular weight is 203 g/mol. The predicted octanol–water partition coefficient (Wildman–Crippen LogP) is 1.09. The molecule has 0 radical (unpaired) electrons. The summed E-state index contributed by atoms with van der Waals surface area (Å²) in [5, 5.41) is 0. The molecule has 0 atom stereocenters. The van der Waals surface area contributed by atoms with Crippen molar-refractivity contribution in [3.63, 3.8) is 0 Å². The second-order valence-electron chi connectivity index (χ2n) is 3.17. The van der Waals surface area contributed by atoms with Gasteiger partial charge in [0.1, 0.15) is 6.61 Å². The van der Waals surface area contributed by atoms with E-state index in [0.717, 1.165) is 32.2 Å². The number of esters is 1. The lowest BCUT2D eigenvalue weighted by Crippen LogP contribution is -2.09. The molecule has 0 aromatic rings. The highest BCUT2D eigenvalue weighted by atomic mass is 16.6. The number of ether oxygens (including phenoxy) is 2. The molecule has 0 rings (SSSR count). The van der Waals surface area contributed by atoms with Gasteiger partial charge in [0.25, 0.3) is 0 Å². The van der Waals surface area contributed by atoms with Crippen LogP contribution in [0.1, 0.15) is 32.1 Å². The second-order valence-corrected chi connectivity index (χ2v) is 3.17. The molecule has 0 spiro atoms. The Morgan fingerprint density at radius 1 is 1.14 bits per heavy atom. The zero-order valence-corrected chi connectivity index (χ0v) is 8.96. The number of carbonyl (C=O) groups is 1. The van der Waals surface area contributed by atoms with Crippen LogP contribution in [0.15, 0.2) is 0 Å². The summed E-state index contributed by atoms with van der Waals surface area (Å²) in [6.07, 6.45) is 4.59. The molecule has 0 saturated heterocycles. The lowest BCUT2D eigenvalue weighted by atomic mass is 10.1. The van der Waals surface area contributed by atoms with Gasteiger partial charge in [-0.3, -0.25) is 4.79 Å². The van der Waals surface area contributed by atoms with Gasteiger partial charge in [-0.15, -0.1) is 0 Å². The number of hydrogen-bond donors (Lipinski definition) is 1. The van der Waals surface area contributed by atoms with E-state index in [1.807, 2.05) is 0 Å². The Bertz CT molecular complexity index is 139. The number of methoxy groups -OCH3 is 1. The van der Waals surface area contributed by atoms with Crippen molar-refractivity contribution in [1.82, 2.24) is 0 Å². The molecule has 0 heterocycles.